The Morgan fingerprint density at radius 1 is 0.861 bits per heavy atom. The number of carbonyl (C=O) groups is 2. The number of para-hydroxylation sites is 1. The Morgan fingerprint density at radius 2 is 1.47 bits per heavy atom. The van der Waals surface area contributed by atoms with E-state index in [4.69, 9.17) is 26.8 Å². The van der Waals surface area contributed by atoms with Crippen LogP contribution in [0, 0.1) is 0 Å². The zero-order valence-corrected chi connectivity index (χ0v) is 20.4. The van der Waals surface area contributed by atoms with Gasteiger partial charge in [-0.15, -0.1) is 0 Å². The van der Waals surface area contributed by atoms with E-state index in [2.05, 4.69) is 5.32 Å². The summed E-state index contributed by atoms with van der Waals surface area (Å²) in [4.78, 5) is 25.1. The fourth-order valence-corrected chi connectivity index (χ4v) is 3.88. The second-order valence-corrected chi connectivity index (χ2v) is 8.56. The lowest BCUT2D eigenvalue weighted by Crippen LogP contribution is -2.43. The monoisotopic (exact) mass is 500 g/mol. The highest BCUT2D eigenvalue weighted by Gasteiger charge is 2.23. The van der Waals surface area contributed by atoms with Crippen LogP contribution in [-0.4, -0.2) is 25.0 Å². The molecule has 0 aromatic heterocycles. The summed E-state index contributed by atoms with van der Waals surface area (Å²) in [6.45, 7) is 0. The second-order valence-electron chi connectivity index (χ2n) is 8.12. The van der Waals surface area contributed by atoms with Crippen molar-refractivity contribution in [2.24, 2.45) is 0 Å². The number of methoxy groups -OCH3 is 1. The minimum Gasteiger partial charge on any atom is -0.467 e. The van der Waals surface area contributed by atoms with Crippen molar-refractivity contribution in [1.29, 1.82) is 0 Å². The molecular formula is C29H25ClN2O4. The number of nitrogen functional groups attached to an aromatic ring is 1. The van der Waals surface area contributed by atoms with Gasteiger partial charge in [0.2, 0.25) is 0 Å². The van der Waals surface area contributed by atoms with Crippen LogP contribution >= 0.6 is 11.6 Å². The predicted octanol–water partition coefficient (Wildman–Crippen LogP) is 5.90. The predicted molar refractivity (Wildman–Crippen MR) is 141 cm³/mol. The van der Waals surface area contributed by atoms with Gasteiger partial charge in [0.25, 0.3) is 5.91 Å². The number of hydrogen-bond donors (Lipinski definition) is 2. The van der Waals surface area contributed by atoms with Crippen LogP contribution < -0.4 is 15.8 Å². The maximum absolute atomic E-state index is 12.8. The first-order chi connectivity index (χ1) is 17.4. The van der Waals surface area contributed by atoms with Gasteiger partial charge in [-0.25, -0.2) is 4.79 Å². The molecule has 0 aliphatic rings. The SMILES string of the molecule is COC(=O)C(Cc1ccc(-c2ccc(Oc3ccccc3)cc2)cc1)NC(=O)c1cc(Cl)ccc1N. The van der Waals surface area contributed by atoms with Gasteiger partial charge in [0.05, 0.1) is 12.7 Å². The van der Waals surface area contributed by atoms with Crippen molar-refractivity contribution >= 4 is 29.2 Å². The molecule has 36 heavy (non-hydrogen) atoms. The fourth-order valence-electron chi connectivity index (χ4n) is 3.71. The summed E-state index contributed by atoms with van der Waals surface area (Å²) < 4.78 is 10.7. The Bertz CT molecular complexity index is 1340. The number of anilines is 1. The average Bonchev–Trinajstić information content (AvgIpc) is 2.90. The number of halogens is 1. The Kier molecular flexibility index (Phi) is 7.88. The smallest absolute Gasteiger partial charge is 0.328 e. The number of rotatable bonds is 8. The summed E-state index contributed by atoms with van der Waals surface area (Å²) in [5.74, 6) is 0.473. The van der Waals surface area contributed by atoms with Gasteiger partial charge in [0.15, 0.2) is 0 Å². The van der Waals surface area contributed by atoms with E-state index < -0.39 is 17.9 Å². The summed E-state index contributed by atoms with van der Waals surface area (Å²) in [6.07, 6.45) is 0.253. The van der Waals surface area contributed by atoms with Crippen molar-refractivity contribution in [2.45, 2.75) is 12.5 Å². The third kappa shape index (κ3) is 6.23. The molecule has 7 heteroatoms. The molecule has 0 fully saturated rings. The number of nitrogens with two attached hydrogens (primary N) is 1. The lowest BCUT2D eigenvalue weighted by molar-refractivity contribution is -0.142. The summed E-state index contributed by atoms with van der Waals surface area (Å²) in [7, 11) is 1.28. The van der Waals surface area contributed by atoms with Gasteiger partial charge in [0.1, 0.15) is 17.5 Å². The maximum Gasteiger partial charge on any atom is 0.328 e. The number of carbonyl (C=O) groups excluding carboxylic acids is 2. The zero-order valence-electron chi connectivity index (χ0n) is 19.6. The van der Waals surface area contributed by atoms with Crippen molar-refractivity contribution in [3.05, 3.63) is 113 Å². The number of esters is 1. The minimum absolute atomic E-state index is 0.200. The molecule has 0 heterocycles. The molecule has 0 bridgehead atoms. The molecule has 0 saturated carbocycles. The largest absolute Gasteiger partial charge is 0.467 e. The van der Waals surface area contributed by atoms with Crippen LogP contribution in [0.4, 0.5) is 5.69 Å². The van der Waals surface area contributed by atoms with E-state index in [-0.39, 0.29) is 17.7 Å². The van der Waals surface area contributed by atoms with Crippen LogP contribution in [0.1, 0.15) is 15.9 Å². The number of benzene rings is 4. The molecule has 0 aliphatic heterocycles. The minimum atomic E-state index is -0.888. The molecule has 1 amide bonds. The quantitative estimate of drug-likeness (QED) is 0.232. The Balaban J connectivity index is 1.44. The average molecular weight is 501 g/mol. The first kappa shape index (κ1) is 24.8. The van der Waals surface area contributed by atoms with E-state index in [1.807, 2.05) is 78.9 Å². The number of hydrogen-bond acceptors (Lipinski definition) is 5. The van der Waals surface area contributed by atoms with Crippen LogP contribution in [0.5, 0.6) is 11.5 Å². The van der Waals surface area contributed by atoms with Gasteiger partial charge in [0, 0.05) is 17.1 Å². The van der Waals surface area contributed by atoms with E-state index >= 15 is 0 Å². The summed E-state index contributed by atoms with van der Waals surface area (Å²) in [5, 5.41) is 3.08. The first-order valence-electron chi connectivity index (χ1n) is 11.3. The van der Waals surface area contributed by atoms with E-state index in [0.717, 1.165) is 28.2 Å². The number of ether oxygens (including phenoxy) is 2. The molecule has 4 aromatic rings. The van der Waals surface area contributed by atoms with E-state index in [1.54, 1.807) is 12.1 Å². The Morgan fingerprint density at radius 3 is 2.11 bits per heavy atom. The second kappa shape index (κ2) is 11.4. The molecule has 0 saturated heterocycles. The molecule has 3 N–H and O–H groups in total. The highest BCUT2D eigenvalue weighted by Crippen LogP contribution is 2.26. The van der Waals surface area contributed by atoms with Gasteiger partial charge in [-0.3, -0.25) is 4.79 Å². The highest BCUT2D eigenvalue weighted by molar-refractivity contribution is 6.31. The molecule has 4 rings (SSSR count). The number of amides is 1. The first-order valence-corrected chi connectivity index (χ1v) is 11.7. The fraction of sp³-hybridized carbons (Fsp3) is 0.103. The van der Waals surface area contributed by atoms with Gasteiger partial charge in [-0.05, 0) is 59.2 Å². The van der Waals surface area contributed by atoms with E-state index in [9.17, 15) is 9.59 Å². The molecule has 0 radical (unpaired) electrons. The van der Waals surface area contributed by atoms with Crippen molar-refractivity contribution in [3.8, 4) is 22.6 Å². The molecular weight excluding hydrogens is 476 g/mol. The van der Waals surface area contributed by atoms with Crippen LogP contribution in [0.2, 0.25) is 5.02 Å². The van der Waals surface area contributed by atoms with Crippen LogP contribution in [-0.2, 0) is 16.0 Å². The van der Waals surface area contributed by atoms with E-state index in [0.29, 0.717) is 5.02 Å². The molecule has 4 aromatic carbocycles. The normalized spacial score (nSPS) is 11.4. The summed E-state index contributed by atoms with van der Waals surface area (Å²) in [5.41, 5.74) is 9.27. The molecule has 0 spiro atoms. The number of nitrogens with one attached hydrogen (secondary N) is 1. The van der Waals surface area contributed by atoms with Crippen molar-refractivity contribution in [3.63, 3.8) is 0 Å². The Hall–Kier alpha value is -4.29. The standard InChI is InChI=1S/C29H25ClN2O4/c1-35-29(34)27(32-28(33)25-18-22(30)13-16-26(25)31)17-19-7-9-20(10-8-19)21-11-14-24(15-12-21)36-23-5-3-2-4-6-23/h2-16,18,27H,17,31H2,1H3,(H,32,33). The highest BCUT2D eigenvalue weighted by atomic mass is 35.5. The van der Waals surface area contributed by atoms with Gasteiger partial charge >= 0.3 is 5.97 Å². The molecule has 0 aliphatic carbocycles. The molecule has 1 unspecified atom stereocenters. The Labute approximate surface area is 214 Å². The van der Waals surface area contributed by atoms with Crippen LogP contribution in [0.25, 0.3) is 11.1 Å². The van der Waals surface area contributed by atoms with Crippen molar-refractivity contribution in [2.75, 3.05) is 12.8 Å². The molecule has 6 nitrogen and oxygen atoms in total. The molecule has 182 valence electrons. The van der Waals surface area contributed by atoms with Gasteiger partial charge < -0.3 is 20.5 Å². The zero-order chi connectivity index (χ0) is 25.5. The topological polar surface area (TPSA) is 90.6 Å². The van der Waals surface area contributed by atoms with Gasteiger partial charge in [-0.2, -0.15) is 0 Å². The summed E-state index contributed by atoms with van der Waals surface area (Å²) in [6, 6.07) is 28.9. The van der Waals surface area contributed by atoms with Crippen molar-refractivity contribution in [1.82, 2.24) is 5.32 Å². The van der Waals surface area contributed by atoms with Crippen molar-refractivity contribution < 1.29 is 19.1 Å². The lowest BCUT2D eigenvalue weighted by atomic mass is 10.00. The molecule has 1 atom stereocenters. The third-order valence-corrected chi connectivity index (χ3v) is 5.85. The van der Waals surface area contributed by atoms with Crippen LogP contribution in [0.15, 0.2) is 97.1 Å². The maximum atomic E-state index is 12.8. The third-order valence-electron chi connectivity index (χ3n) is 5.61. The lowest BCUT2D eigenvalue weighted by Gasteiger charge is -2.17. The van der Waals surface area contributed by atoms with Crippen LogP contribution in [0.3, 0.4) is 0 Å². The van der Waals surface area contributed by atoms with E-state index in [1.165, 1.54) is 13.2 Å². The van der Waals surface area contributed by atoms with Gasteiger partial charge in [-0.1, -0.05) is 66.2 Å². The summed E-state index contributed by atoms with van der Waals surface area (Å²) >= 11 is 5.99.